The molecule has 0 aliphatic carbocycles. The number of methoxy groups -OCH3 is 1. The minimum atomic E-state index is 0.223. The van der Waals surface area contributed by atoms with Crippen molar-refractivity contribution in [1.29, 1.82) is 0 Å². The first-order valence-electron chi connectivity index (χ1n) is 7.95. The molecule has 6 nitrogen and oxygen atoms in total. The van der Waals surface area contributed by atoms with Crippen LogP contribution < -0.4 is 9.47 Å². The molecule has 0 unspecified atom stereocenters. The summed E-state index contributed by atoms with van der Waals surface area (Å²) in [5.41, 5.74) is 1.74. The minimum Gasteiger partial charge on any atom is -0.497 e. The predicted molar refractivity (Wildman–Crippen MR) is 90.2 cm³/mol. The number of hydrogen-bond donors (Lipinski definition) is 0. The number of pyridine rings is 1. The Labute approximate surface area is 140 Å². The first kappa shape index (κ1) is 16.2. The molecule has 24 heavy (non-hydrogen) atoms. The van der Waals surface area contributed by atoms with Crippen LogP contribution in [-0.2, 0) is 13.0 Å². The quantitative estimate of drug-likeness (QED) is 0.687. The molecule has 0 bridgehead atoms. The SMILES string of the molecule is COc1ccc2nc(C)cc(OCc3nc(CC(C)C)no3)c2c1. The molecule has 0 N–H and O–H groups in total. The van der Waals surface area contributed by atoms with Crippen molar-refractivity contribution in [3.63, 3.8) is 0 Å². The first-order chi connectivity index (χ1) is 11.5. The van der Waals surface area contributed by atoms with E-state index in [1.165, 1.54) is 0 Å². The molecule has 3 rings (SSSR count). The van der Waals surface area contributed by atoms with Crippen LogP contribution in [0.5, 0.6) is 11.5 Å². The molecular weight excluding hydrogens is 306 g/mol. The molecule has 0 saturated carbocycles. The summed E-state index contributed by atoms with van der Waals surface area (Å²) in [5.74, 6) is 3.14. The third-order valence-corrected chi connectivity index (χ3v) is 3.56. The highest BCUT2D eigenvalue weighted by molar-refractivity contribution is 5.86. The number of hydrogen-bond acceptors (Lipinski definition) is 6. The lowest BCUT2D eigenvalue weighted by Crippen LogP contribution is -2.00. The molecule has 0 aliphatic rings. The Bertz CT molecular complexity index is 843. The number of aromatic nitrogens is 3. The number of nitrogens with zero attached hydrogens (tertiary/aromatic N) is 3. The zero-order valence-electron chi connectivity index (χ0n) is 14.4. The summed E-state index contributed by atoms with van der Waals surface area (Å²) < 4.78 is 16.4. The van der Waals surface area contributed by atoms with Gasteiger partial charge in [-0.25, -0.2) is 0 Å². The van der Waals surface area contributed by atoms with E-state index in [2.05, 4.69) is 29.0 Å². The van der Waals surface area contributed by atoms with E-state index in [4.69, 9.17) is 14.0 Å². The summed E-state index contributed by atoms with van der Waals surface area (Å²) in [6.45, 7) is 6.39. The normalized spacial score (nSPS) is 11.2. The van der Waals surface area contributed by atoms with E-state index in [0.717, 1.165) is 34.5 Å². The molecule has 0 amide bonds. The predicted octanol–water partition coefficient (Wildman–Crippen LogP) is 3.71. The van der Waals surface area contributed by atoms with Crippen molar-refractivity contribution >= 4 is 10.9 Å². The maximum atomic E-state index is 5.91. The molecule has 3 aromatic rings. The Morgan fingerprint density at radius 2 is 2.00 bits per heavy atom. The zero-order valence-corrected chi connectivity index (χ0v) is 14.4. The molecule has 0 spiro atoms. The molecule has 0 radical (unpaired) electrons. The standard InChI is InChI=1S/C18H21N3O3/c1-11(2)7-17-20-18(24-21-17)10-23-16-8-12(3)19-15-6-5-13(22-4)9-14(15)16/h5-6,8-9,11H,7,10H2,1-4H3. The van der Waals surface area contributed by atoms with Crippen molar-refractivity contribution in [2.75, 3.05) is 7.11 Å². The molecule has 2 aromatic heterocycles. The van der Waals surface area contributed by atoms with Gasteiger partial charge in [0, 0.05) is 23.6 Å². The van der Waals surface area contributed by atoms with Crippen molar-refractivity contribution in [3.8, 4) is 11.5 Å². The zero-order chi connectivity index (χ0) is 17.1. The van der Waals surface area contributed by atoms with Gasteiger partial charge in [-0.3, -0.25) is 4.98 Å². The van der Waals surface area contributed by atoms with E-state index >= 15 is 0 Å². The van der Waals surface area contributed by atoms with E-state index in [-0.39, 0.29) is 6.61 Å². The Hall–Kier alpha value is -2.63. The van der Waals surface area contributed by atoms with Crippen LogP contribution >= 0.6 is 0 Å². The average molecular weight is 327 g/mol. The van der Waals surface area contributed by atoms with E-state index < -0.39 is 0 Å². The van der Waals surface area contributed by atoms with Crippen LogP contribution in [0.15, 0.2) is 28.8 Å². The molecular formula is C18H21N3O3. The number of fused-ring (bicyclic) bond motifs is 1. The van der Waals surface area contributed by atoms with Gasteiger partial charge in [-0.05, 0) is 31.0 Å². The van der Waals surface area contributed by atoms with Gasteiger partial charge in [-0.15, -0.1) is 0 Å². The van der Waals surface area contributed by atoms with Crippen LogP contribution in [0.25, 0.3) is 10.9 Å². The summed E-state index contributed by atoms with van der Waals surface area (Å²) in [6, 6.07) is 7.61. The van der Waals surface area contributed by atoms with Gasteiger partial charge in [0.2, 0.25) is 0 Å². The minimum absolute atomic E-state index is 0.223. The fourth-order valence-electron chi connectivity index (χ4n) is 2.48. The molecule has 6 heteroatoms. The van der Waals surface area contributed by atoms with Gasteiger partial charge in [0.1, 0.15) is 11.5 Å². The second-order valence-corrected chi connectivity index (χ2v) is 6.14. The molecule has 126 valence electrons. The molecule has 0 aliphatic heterocycles. The van der Waals surface area contributed by atoms with Crippen molar-refractivity contribution in [2.45, 2.75) is 33.8 Å². The topological polar surface area (TPSA) is 70.3 Å². The van der Waals surface area contributed by atoms with E-state index in [9.17, 15) is 0 Å². The third kappa shape index (κ3) is 3.64. The van der Waals surface area contributed by atoms with Crippen molar-refractivity contribution in [3.05, 3.63) is 41.7 Å². The summed E-state index contributed by atoms with van der Waals surface area (Å²) in [4.78, 5) is 8.88. The lowest BCUT2D eigenvalue weighted by atomic mass is 10.1. The molecule has 2 heterocycles. The van der Waals surface area contributed by atoms with Crippen LogP contribution in [0.3, 0.4) is 0 Å². The van der Waals surface area contributed by atoms with Gasteiger partial charge in [0.05, 0.1) is 12.6 Å². The van der Waals surface area contributed by atoms with Crippen LogP contribution in [0.1, 0.15) is 31.3 Å². The number of aryl methyl sites for hydroxylation is 1. The molecule has 1 aromatic carbocycles. The first-order valence-corrected chi connectivity index (χ1v) is 7.95. The second-order valence-electron chi connectivity index (χ2n) is 6.14. The summed E-state index contributed by atoms with van der Waals surface area (Å²) in [6.07, 6.45) is 0.790. The number of ether oxygens (including phenoxy) is 2. The molecule has 0 fully saturated rings. The van der Waals surface area contributed by atoms with Gasteiger partial charge >= 0.3 is 0 Å². The highest BCUT2D eigenvalue weighted by Gasteiger charge is 2.11. The Kier molecular flexibility index (Phi) is 4.64. The van der Waals surface area contributed by atoms with E-state index in [1.54, 1.807) is 7.11 Å². The largest absolute Gasteiger partial charge is 0.497 e. The Morgan fingerprint density at radius 1 is 1.17 bits per heavy atom. The lowest BCUT2D eigenvalue weighted by Gasteiger charge is -2.10. The fraction of sp³-hybridized carbons (Fsp3) is 0.389. The van der Waals surface area contributed by atoms with Gasteiger partial charge < -0.3 is 14.0 Å². The van der Waals surface area contributed by atoms with Gasteiger partial charge in [-0.2, -0.15) is 4.98 Å². The third-order valence-electron chi connectivity index (χ3n) is 3.56. The van der Waals surface area contributed by atoms with Gasteiger partial charge in [0.25, 0.3) is 5.89 Å². The number of rotatable bonds is 6. The van der Waals surface area contributed by atoms with Gasteiger partial charge in [0.15, 0.2) is 12.4 Å². The van der Waals surface area contributed by atoms with E-state index in [1.807, 2.05) is 31.2 Å². The fourth-order valence-corrected chi connectivity index (χ4v) is 2.48. The monoisotopic (exact) mass is 327 g/mol. The van der Waals surface area contributed by atoms with Crippen LogP contribution in [-0.4, -0.2) is 22.2 Å². The van der Waals surface area contributed by atoms with Gasteiger partial charge in [-0.1, -0.05) is 19.0 Å². The number of benzene rings is 1. The lowest BCUT2D eigenvalue weighted by molar-refractivity contribution is 0.244. The van der Waals surface area contributed by atoms with E-state index in [0.29, 0.717) is 17.6 Å². The maximum absolute atomic E-state index is 5.91. The Balaban J connectivity index is 1.82. The highest BCUT2D eigenvalue weighted by Crippen LogP contribution is 2.29. The van der Waals surface area contributed by atoms with Crippen molar-refractivity contribution in [1.82, 2.24) is 15.1 Å². The van der Waals surface area contributed by atoms with Crippen molar-refractivity contribution in [2.24, 2.45) is 5.92 Å². The maximum Gasteiger partial charge on any atom is 0.264 e. The smallest absolute Gasteiger partial charge is 0.264 e. The van der Waals surface area contributed by atoms with Crippen LogP contribution in [0, 0.1) is 12.8 Å². The average Bonchev–Trinajstić information content (AvgIpc) is 2.98. The summed E-state index contributed by atoms with van der Waals surface area (Å²) in [5, 5.41) is 4.87. The Morgan fingerprint density at radius 3 is 2.75 bits per heavy atom. The highest BCUT2D eigenvalue weighted by atomic mass is 16.5. The summed E-state index contributed by atoms with van der Waals surface area (Å²) in [7, 11) is 1.64. The molecule has 0 saturated heterocycles. The summed E-state index contributed by atoms with van der Waals surface area (Å²) >= 11 is 0. The molecule has 0 atom stereocenters. The van der Waals surface area contributed by atoms with Crippen molar-refractivity contribution < 1.29 is 14.0 Å². The second kappa shape index (κ2) is 6.86. The van der Waals surface area contributed by atoms with Crippen LogP contribution in [0.2, 0.25) is 0 Å². The van der Waals surface area contributed by atoms with Crippen LogP contribution in [0.4, 0.5) is 0 Å².